The highest BCUT2D eigenvalue weighted by atomic mass is 16.7. The van der Waals surface area contributed by atoms with Crippen LogP contribution in [0.15, 0.2) is 58.0 Å². The monoisotopic (exact) mass is 733 g/mol. The average Bonchev–Trinajstić information content (AvgIpc) is 3.45. The zero-order valence-corrected chi connectivity index (χ0v) is 28.6. The van der Waals surface area contributed by atoms with E-state index in [-0.39, 0.29) is 17.8 Å². The Morgan fingerprint density at radius 2 is 1.81 bits per heavy atom. The van der Waals surface area contributed by atoms with Crippen LogP contribution in [-0.2, 0) is 38.1 Å². The van der Waals surface area contributed by atoms with Gasteiger partial charge in [0.15, 0.2) is 24.2 Å². The third-order valence-corrected chi connectivity index (χ3v) is 8.47. The Balaban J connectivity index is 1.54. The van der Waals surface area contributed by atoms with Crippen LogP contribution in [0.1, 0.15) is 64.5 Å². The average molecular weight is 734 g/mol. The Bertz CT molecular complexity index is 1730. The molecule has 284 valence electrons. The van der Waals surface area contributed by atoms with Crippen molar-refractivity contribution in [1.29, 1.82) is 0 Å². The standard InChI is InChI=1S/C33H43N5O14/c1-3-4-5-6-7-8-9-13-23(41)50-28-25(48-2)26(51-31(28)37-15-14-22(40)36-33(37)45)27(29(34)43)52-32-24(42)20(39)17-21(49-32)30(44)35-18-11-10-12-19(16-18)38(46)47/h10-12,14-17,20,24-28,31-32,39,42H,3-9,13H2,1-2H3,(H2,34,43)(H,35,44)(H,36,40,45)/t20-,24-,25+,26-,27?,28+,31+,32+/m0/s1. The highest BCUT2D eigenvalue weighted by molar-refractivity contribution is 6.02. The second kappa shape index (κ2) is 18.5. The van der Waals surface area contributed by atoms with Crippen molar-refractivity contribution in [1.82, 2.24) is 9.55 Å². The van der Waals surface area contributed by atoms with Gasteiger partial charge >= 0.3 is 11.7 Å². The van der Waals surface area contributed by atoms with Gasteiger partial charge in [-0.2, -0.15) is 0 Å². The van der Waals surface area contributed by atoms with E-state index in [1.54, 1.807) is 0 Å². The summed E-state index contributed by atoms with van der Waals surface area (Å²) in [6.07, 6.45) is -4.61. The summed E-state index contributed by atoms with van der Waals surface area (Å²) in [5, 5.41) is 34.8. The number of primary amides is 1. The number of H-pyrrole nitrogens is 1. The van der Waals surface area contributed by atoms with Crippen LogP contribution in [0.3, 0.4) is 0 Å². The van der Waals surface area contributed by atoms with Gasteiger partial charge in [0, 0.05) is 43.6 Å². The number of nitrogens with one attached hydrogen (secondary N) is 2. The Kier molecular flexibility index (Phi) is 14.2. The number of esters is 1. The van der Waals surface area contributed by atoms with Crippen molar-refractivity contribution in [3.05, 3.63) is 79.3 Å². The van der Waals surface area contributed by atoms with Gasteiger partial charge in [-0.3, -0.25) is 38.8 Å². The van der Waals surface area contributed by atoms with Gasteiger partial charge in [0.25, 0.3) is 17.2 Å². The molecule has 1 aromatic heterocycles. The van der Waals surface area contributed by atoms with Gasteiger partial charge in [-0.15, -0.1) is 0 Å². The molecule has 8 atom stereocenters. The number of carbonyl (C=O) groups excluding carboxylic acids is 3. The maximum atomic E-state index is 13.0. The minimum absolute atomic E-state index is 0.00943. The maximum Gasteiger partial charge on any atom is 0.330 e. The number of benzene rings is 1. The molecule has 2 aliphatic heterocycles. The third-order valence-electron chi connectivity index (χ3n) is 8.47. The molecule has 0 radical (unpaired) electrons. The van der Waals surface area contributed by atoms with E-state index in [4.69, 9.17) is 29.4 Å². The lowest BCUT2D eigenvalue weighted by atomic mass is 10.0. The summed E-state index contributed by atoms with van der Waals surface area (Å²) in [6, 6.07) is 6.00. The highest BCUT2D eigenvalue weighted by Gasteiger charge is 2.54. The molecule has 0 aliphatic carbocycles. The van der Waals surface area contributed by atoms with Crippen LogP contribution >= 0.6 is 0 Å². The van der Waals surface area contributed by atoms with Gasteiger partial charge < -0.3 is 44.9 Å². The molecule has 1 unspecified atom stereocenters. The minimum Gasteiger partial charge on any atom is -0.456 e. The Morgan fingerprint density at radius 1 is 1.10 bits per heavy atom. The van der Waals surface area contributed by atoms with E-state index >= 15 is 0 Å². The number of unbranched alkanes of at least 4 members (excludes halogenated alkanes) is 6. The molecule has 2 amide bonds. The predicted octanol–water partition coefficient (Wildman–Crippen LogP) is 0.881. The van der Waals surface area contributed by atoms with Crippen molar-refractivity contribution in [2.24, 2.45) is 5.73 Å². The van der Waals surface area contributed by atoms with Crippen LogP contribution in [0, 0.1) is 10.1 Å². The number of aliphatic hydroxyl groups is 2. The number of ether oxygens (including phenoxy) is 5. The second-order valence-corrected chi connectivity index (χ2v) is 12.3. The number of non-ortho nitro benzene ring substituents is 1. The molecule has 0 saturated carbocycles. The number of hydrogen-bond acceptors (Lipinski definition) is 14. The molecule has 19 nitrogen and oxygen atoms in total. The summed E-state index contributed by atoms with van der Waals surface area (Å²) in [5.74, 6) is -3.42. The largest absolute Gasteiger partial charge is 0.456 e. The number of aromatic nitrogens is 2. The molecule has 1 saturated heterocycles. The van der Waals surface area contributed by atoms with Crippen LogP contribution in [0.5, 0.6) is 0 Å². The third kappa shape index (κ3) is 10.1. The molecule has 4 rings (SSSR count). The Labute approximate surface area is 296 Å². The molecule has 1 fully saturated rings. The first kappa shape index (κ1) is 39.8. The molecule has 2 aromatic rings. The summed E-state index contributed by atoms with van der Waals surface area (Å²) in [5.41, 5.74) is 3.74. The van der Waals surface area contributed by atoms with E-state index in [0.29, 0.717) is 6.42 Å². The van der Waals surface area contributed by atoms with Gasteiger partial charge in [-0.25, -0.2) is 4.79 Å². The van der Waals surface area contributed by atoms with E-state index in [1.165, 1.54) is 25.3 Å². The zero-order valence-electron chi connectivity index (χ0n) is 28.6. The van der Waals surface area contributed by atoms with Gasteiger partial charge in [0.1, 0.15) is 24.4 Å². The van der Waals surface area contributed by atoms with Crippen molar-refractivity contribution >= 4 is 29.2 Å². The molecule has 0 bridgehead atoms. The fourth-order valence-electron chi connectivity index (χ4n) is 5.82. The molecule has 19 heteroatoms. The van der Waals surface area contributed by atoms with Crippen molar-refractivity contribution in [2.75, 3.05) is 12.4 Å². The lowest BCUT2D eigenvalue weighted by molar-refractivity contribution is -0.384. The Hall–Kier alpha value is -4.95. The van der Waals surface area contributed by atoms with Crippen molar-refractivity contribution in [3.63, 3.8) is 0 Å². The summed E-state index contributed by atoms with van der Waals surface area (Å²) < 4.78 is 29.6. The van der Waals surface area contributed by atoms with Gasteiger partial charge in [-0.05, 0) is 18.6 Å². The fourth-order valence-corrected chi connectivity index (χ4v) is 5.82. The molecule has 3 heterocycles. The first-order valence-corrected chi connectivity index (χ1v) is 16.8. The second-order valence-electron chi connectivity index (χ2n) is 12.3. The molecular weight excluding hydrogens is 690 g/mol. The zero-order chi connectivity index (χ0) is 37.9. The van der Waals surface area contributed by atoms with E-state index in [1.807, 2.05) is 0 Å². The molecule has 0 spiro atoms. The topological polar surface area (TPSA) is 274 Å². The van der Waals surface area contributed by atoms with E-state index in [9.17, 15) is 44.3 Å². The number of aliphatic hydroxyl groups excluding tert-OH is 2. The van der Waals surface area contributed by atoms with E-state index in [2.05, 4.69) is 17.2 Å². The molecule has 2 aliphatic rings. The quantitative estimate of drug-likeness (QED) is 0.0616. The summed E-state index contributed by atoms with van der Waals surface area (Å²) >= 11 is 0. The van der Waals surface area contributed by atoms with Crippen molar-refractivity contribution in [2.45, 2.75) is 107 Å². The van der Waals surface area contributed by atoms with Crippen LogP contribution in [0.2, 0.25) is 0 Å². The number of carbonyl (C=O) groups is 3. The Morgan fingerprint density at radius 3 is 2.46 bits per heavy atom. The van der Waals surface area contributed by atoms with Crippen LogP contribution in [0.25, 0.3) is 0 Å². The van der Waals surface area contributed by atoms with Crippen LogP contribution in [-0.4, -0.2) is 92.5 Å². The molecule has 6 N–H and O–H groups in total. The number of aromatic amines is 1. The smallest absolute Gasteiger partial charge is 0.330 e. The number of hydrogen-bond donors (Lipinski definition) is 5. The number of anilines is 1. The number of nitro groups is 1. The number of rotatable bonds is 18. The highest BCUT2D eigenvalue weighted by Crippen LogP contribution is 2.36. The number of amides is 2. The van der Waals surface area contributed by atoms with Crippen LogP contribution < -0.4 is 22.3 Å². The summed E-state index contributed by atoms with van der Waals surface area (Å²) in [7, 11) is 1.21. The molecular formula is C33H43N5O14. The van der Waals surface area contributed by atoms with Gasteiger partial charge in [-0.1, -0.05) is 51.5 Å². The normalized spacial score (nSPS) is 24.7. The van der Waals surface area contributed by atoms with Crippen molar-refractivity contribution < 1.29 is 53.2 Å². The number of nitrogens with two attached hydrogens (primary N) is 1. The molecule has 52 heavy (non-hydrogen) atoms. The van der Waals surface area contributed by atoms with Crippen molar-refractivity contribution in [3.8, 4) is 0 Å². The van der Waals surface area contributed by atoms with Gasteiger partial charge in [0.05, 0.1) is 4.92 Å². The minimum atomic E-state index is -1.93. The lowest BCUT2D eigenvalue weighted by Crippen LogP contribution is -2.54. The summed E-state index contributed by atoms with van der Waals surface area (Å²) in [4.78, 5) is 76.1. The first-order valence-electron chi connectivity index (χ1n) is 16.8. The number of methoxy groups -OCH3 is 1. The van der Waals surface area contributed by atoms with E-state index in [0.717, 1.165) is 67.5 Å². The summed E-state index contributed by atoms with van der Waals surface area (Å²) in [6.45, 7) is 2.12. The molecule has 1 aromatic carbocycles. The maximum absolute atomic E-state index is 13.0. The van der Waals surface area contributed by atoms with Gasteiger partial charge in [0.2, 0.25) is 12.2 Å². The fraction of sp³-hybridized carbons (Fsp3) is 0.545. The number of nitrogens with zero attached hydrogens (tertiary/aromatic N) is 2. The van der Waals surface area contributed by atoms with Crippen LogP contribution in [0.4, 0.5) is 11.4 Å². The number of nitro benzene ring substituents is 1. The lowest BCUT2D eigenvalue weighted by Gasteiger charge is -2.35. The predicted molar refractivity (Wildman–Crippen MR) is 179 cm³/mol. The van der Waals surface area contributed by atoms with E-state index < -0.39 is 88.9 Å². The SMILES string of the molecule is CCCCCCCCCC(=O)O[C@@H]1[C@H](OC)[C@@H](C(O[C@H]2OC(C(=O)Nc3cccc([N+](=O)[O-])c3)=C[C@H](O)[C@@H]2O)C(N)=O)O[C@H]1n1ccc(=O)[nH]c1=O. The first-order chi connectivity index (χ1) is 24.8.